The van der Waals surface area contributed by atoms with Crippen molar-refractivity contribution in [1.29, 1.82) is 0 Å². The van der Waals surface area contributed by atoms with Gasteiger partial charge in [0, 0.05) is 23.0 Å². The first-order valence-electron chi connectivity index (χ1n) is 4.45. The molecule has 0 fully saturated rings. The second-order valence-electron chi connectivity index (χ2n) is 4.23. The summed E-state index contributed by atoms with van der Waals surface area (Å²) in [6.45, 7) is 7.55. The Labute approximate surface area is 79.0 Å². The van der Waals surface area contributed by atoms with E-state index in [9.17, 15) is 5.11 Å². The average molecular weight is 182 g/mol. The van der Waals surface area contributed by atoms with E-state index in [0.29, 0.717) is 0 Å². The molecule has 0 saturated heterocycles. The predicted molar refractivity (Wildman–Crippen MR) is 53.5 cm³/mol. The Bertz CT molecular complexity index is 277. The third-order valence-electron chi connectivity index (χ3n) is 2.31. The van der Waals surface area contributed by atoms with E-state index in [1.54, 1.807) is 0 Å². The summed E-state index contributed by atoms with van der Waals surface area (Å²) in [5.41, 5.74) is 8.22. The molecule has 1 unspecified atom stereocenters. The molecular weight excluding hydrogens is 164 g/mol. The third kappa shape index (κ3) is 1.92. The van der Waals surface area contributed by atoms with Crippen LogP contribution in [0.25, 0.3) is 0 Å². The van der Waals surface area contributed by atoms with E-state index in [1.807, 2.05) is 33.9 Å². The number of aromatic amines is 1. The number of nitrogens with one attached hydrogen (secondary N) is 1. The normalized spacial score (nSPS) is 14.6. The second kappa shape index (κ2) is 3.16. The van der Waals surface area contributed by atoms with Gasteiger partial charge in [-0.15, -0.1) is 0 Å². The van der Waals surface area contributed by atoms with Crippen LogP contribution in [0, 0.1) is 13.8 Å². The zero-order chi connectivity index (χ0) is 10.2. The number of nitrogens with two attached hydrogens (primary N) is 1. The Hall–Kier alpha value is -0.800. The SMILES string of the molecule is Cc1c[nH]c(C)c1C(O)C(C)(C)N. The van der Waals surface area contributed by atoms with Gasteiger partial charge >= 0.3 is 0 Å². The molecule has 0 radical (unpaired) electrons. The molecule has 13 heavy (non-hydrogen) atoms. The van der Waals surface area contributed by atoms with Crippen molar-refractivity contribution in [1.82, 2.24) is 4.98 Å². The molecule has 4 N–H and O–H groups in total. The average Bonchev–Trinajstić information content (AvgIpc) is 2.28. The summed E-state index contributed by atoms with van der Waals surface area (Å²) in [4.78, 5) is 3.07. The minimum atomic E-state index is -0.612. The highest BCUT2D eigenvalue weighted by molar-refractivity contribution is 5.32. The molecule has 1 aromatic heterocycles. The number of aromatic nitrogens is 1. The molecular formula is C10H18N2O. The Morgan fingerprint density at radius 2 is 2.00 bits per heavy atom. The first kappa shape index (κ1) is 10.3. The van der Waals surface area contributed by atoms with Crippen LogP contribution in [0.15, 0.2) is 6.20 Å². The fraction of sp³-hybridized carbons (Fsp3) is 0.600. The smallest absolute Gasteiger partial charge is 0.0983 e. The first-order chi connectivity index (χ1) is 5.84. The summed E-state index contributed by atoms with van der Waals surface area (Å²) >= 11 is 0. The molecule has 0 saturated carbocycles. The van der Waals surface area contributed by atoms with Gasteiger partial charge in [-0.25, -0.2) is 0 Å². The monoisotopic (exact) mass is 182 g/mol. The summed E-state index contributed by atoms with van der Waals surface area (Å²) < 4.78 is 0. The van der Waals surface area contributed by atoms with Crippen LogP contribution in [0.1, 0.15) is 36.8 Å². The third-order valence-corrected chi connectivity index (χ3v) is 2.31. The molecule has 1 atom stereocenters. The minimum Gasteiger partial charge on any atom is -0.386 e. The molecule has 1 heterocycles. The predicted octanol–water partition coefficient (Wildman–Crippen LogP) is 1.40. The van der Waals surface area contributed by atoms with E-state index in [-0.39, 0.29) is 0 Å². The van der Waals surface area contributed by atoms with Gasteiger partial charge in [0.1, 0.15) is 0 Å². The van der Waals surface area contributed by atoms with E-state index < -0.39 is 11.6 Å². The summed E-state index contributed by atoms with van der Waals surface area (Å²) in [7, 11) is 0. The van der Waals surface area contributed by atoms with Crippen LogP contribution < -0.4 is 5.73 Å². The lowest BCUT2D eigenvalue weighted by molar-refractivity contribution is 0.103. The Kier molecular flexibility index (Phi) is 2.50. The quantitative estimate of drug-likeness (QED) is 0.647. The molecule has 0 aromatic carbocycles. The van der Waals surface area contributed by atoms with Crippen molar-refractivity contribution in [3.63, 3.8) is 0 Å². The fourth-order valence-corrected chi connectivity index (χ4v) is 1.46. The van der Waals surface area contributed by atoms with Crippen LogP contribution >= 0.6 is 0 Å². The number of H-pyrrole nitrogens is 1. The van der Waals surface area contributed by atoms with Gasteiger partial charge in [-0.05, 0) is 33.3 Å². The highest BCUT2D eigenvalue weighted by atomic mass is 16.3. The van der Waals surface area contributed by atoms with E-state index in [4.69, 9.17) is 5.73 Å². The maximum Gasteiger partial charge on any atom is 0.0983 e. The van der Waals surface area contributed by atoms with Crippen molar-refractivity contribution >= 4 is 0 Å². The molecule has 3 nitrogen and oxygen atoms in total. The molecule has 0 amide bonds. The summed E-state index contributed by atoms with van der Waals surface area (Å²) in [5, 5.41) is 9.96. The number of aliphatic hydroxyl groups excluding tert-OH is 1. The lowest BCUT2D eigenvalue weighted by Gasteiger charge is -2.26. The molecule has 0 aliphatic carbocycles. The van der Waals surface area contributed by atoms with Crippen LogP contribution in [-0.2, 0) is 0 Å². The summed E-state index contributed by atoms with van der Waals surface area (Å²) in [5.74, 6) is 0. The van der Waals surface area contributed by atoms with Crippen LogP contribution in [-0.4, -0.2) is 15.6 Å². The first-order valence-corrected chi connectivity index (χ1v) is 4.45. The van der Waals surface area contributed by atoms with E-state index >= 15 is 0 Å². The fourth-order valence-electron chi connectivity index (χ4n) is 1.46. The van der Waals surface area contributed by atoms with Gasteiger partial charge in [0.05, 0.1) is 6.10 Å². The number of aliphatic hydroxyl groups is 1. The molecule has 1 aromatic rings. The van der Waals surface area contributed by atoms with Crippen LogP contribution in [0.5, 0.6) is 0 Å². The van der Waals surface area contributed by atoms with Crippen molar-refractivity contribution in [2.75, 3.05) is 0 Å². The number of rotatable bonds is 2. The van der Waals surface area contributed by atoms with Gasteiger partial charge in [-0.3, -0.25) is 0 Å². The maximum absolute atomic E-state index is 9.96. The zero-order valence-corrected chi connectivity index (χ0v) is 8.68. The van der Waals surface area contributed by atoms with Gasteiger partial charge in [0.25, 0.3) is 0 Å². The zero-order valence-electron chi connectivity index (χ0n) is 8.68. The standard InChI is InChI=1S/C10H18N2O/c1-6-5-12-7(2)8(6)9(13)10(3,4)11/h5,9,12-13H,11H2,1-4H3. The second-order valence-corrected chi connectivity index (χ2v) is 4.23. The van der Waals surface area contributed by atoms with Gasteiger partial charge in [-0.2, -0.15) is 0 Å². The van der Waals surface area contributed by atoms with E-state index in [1.165, 1.54) is 0 Å². The van der Waals surface area contributed by atoms with Crippen LogP contribution in [0.2, 0.25) is 0 Å². The maximum atomic E-state index is 9.96. The van der Waals surface area contributed by atoms with Crippen molar-refractivity contribution in [3.8, 4) is 0 Å². The summed E-state index contributed by atoms with van der Waals surface area (Å²) in [6.07, 6.45) is 1.28. The van der Waals surface area contributed by atoms with Crippen LogP contribution in [0.3, 0.4) is 0 Å². The minimum absolute atomic E-state index is 0.599. The van der Waals surface area contributed by atoms with Crippen molar-refractivity contribution in [2.45, 2.75) is 39.3 Å². The number of hydrogen-bond donors (Lipinski definition) is 3. The number of aryl methyl sites for hydroxylation is 2. The Balaban J connectivity index is 3.08. The molecule has 3 heteroatoms. The molecule has 74 valence electrons. The van der Waals surface area contributed by atoms with E-state index in [0.717, 1.165) is 16.8 Å². The van der Waals surface area contributed by atoms with Crippen LogP contribution in [0.4, 0.5) is 0 Å². The largest absolute Gasteiger partial charge is 0.386 e. The lowest BCUT2D eigenvalue weighted by Crippen LogP contribution is -2.39. The summed E-state index contributed by atoms with van der Waals surface area (Å²) in [6, 6.07) is 0. The lowest BCUT2D eigenvalue weighted by atomic mass is 9.91. The van der Waals surface area contributed by atoms with Gasteiger partial charge in [0.15, 0.2) is 0 Å². The molecule has 1 rings (SSSR count). The number of hydrogen-bond acceptors (Lipinski definition) is 2. The molecule has 0 spiro atoms. The highest BCUT2D eigenvalue weighted by Crippen LogP contribution is 2.28. The highest BCUT2D eigenvalue weighted by Gasteiger charge is 2.27. The van der Waals surface area contributed by atoms with Gasteiger partial charge in [-0.1, -0.05) is 0 Å². The topological polar surface area (TPSA) is 62.0 Å². The van der Waals surface area contributed by atoms with Gasteiger partial charge in [0.2, 0.25) is 0 Å². The molecule has 0 aliphatic rings. The molecule has 0 bridgehead atoms. The Morgan fingerprint density at radius 3 is 2.31 bits per heavy atom. The van der Waals surface area contributed by atoms with Gasteiger partial charge < -0.3 is 15.8 Å². The van der Waals surface area contributed by atoms with E-state index in [2.05, 4.69) is 4.98 Å². The molecule has 0 aliphatic heterocycles. The van der Waals surface area contributed by atoms with Crippen molar-refractivity contribution in [3.05, 3.63) is 23.0 Å². The Morgan fingerprint density at radius 1 is 1.46 bits per heavy atom. The van der Waals surface area contributed by atoms with Crippen molar-refractivity contribution in [2.24, 2.45) is 5.73 Å². The van der Waals surface area contributed by atoms with Crippen molar-refractivity contribution < 1.29 is 5.11 Å².